The van der Waals surface area contributed by atoms with Crippen LogP contribution in [0.4, 0.5) is 0 Å². The second-order valence-corrected chi connectivity index (χ2v) is 21.9. The zero-order valence-electron chi connectivity index (χ0n) is 45.3. The van der Waals surface area contributed by atoms with Gasteiger partial charge in [0.15, 0.2) is 0 Å². The predicted molar refractivity (Wildman–Crippen MR) is 349 cm³/mol. The van der Waals surface area contributed by atoms with Crippen LogP contribution >= 0.6 is 0 Å². The van der Waals surface area contributed by atoms with Crippen molar-refractivity contribution in [2.75, 3.05) is 0 Å². The first-order valence-electron chi connectivity index (χ1n) is 28.6. The Morgan fingerprint density at radius 1 is 0.250 bits per heavy atom. The summed E-state index contributed by atoms with van der Waals surface area (Å²) < 4.78 is 9.47. The second kappa shape index (κ2) is 18.0. The number of imidazole rings is 2. The lowest BCUT2D eigenvalue weighted by molar-refractivity contribution is 1.09. The van der Waals surface area contributed by atoms with E-state index in [-0.39, 0.29) is 0 Å². The standard InChI is InChI=1S/C77H47N7/c1-3-18-48(19-4-1)76-79-72-63-27-10-7-22-56(63)57-23-8-11-28-64(57)74(72)83(76)53-39-35-51(36-40-53)81-68-33-16-14-26-60(68)66-46-50(34-43-69(66)81)55-30-17-31-62-58-24-9-12-29-65(58)75-73(71(55)62)80-77(49-20-5-2-6-21-49)84(75)54-41-37-52(38-42-54)82-67-32-15-13-25-59(67)61-44-45-78-47-70(61)82/h1-47H. The minimum absolute atomic E-state index is 0.885. The van der Waals surface area contributed by atoms with Gasteiger partial charge in [0.2, 0.25) is 0 Å². The number of para-hydroxylation sites is 2. The summed E-state index contributed by atoms with van der Waals surface area (Å²) in [5.74, 6) is 1.80. The molecule has 84 heavy (non-hydrogen) atoms. The van der Waals surface area contributed by atoms with Gasteiger partial charge in [0.25, 0.3) is 0 Å². The van der Waals surface area contributed by atoms with Crippen LogP contribution in [-0.2, 0) is 0 Å². The highest BCUT2D eigenvalue weighted by atomic mass is 15.1. The summed E-state index contributed by atoms with van der Waals surface area (Å²) in [6, 6.07) is 98.7. The molecule has 13 aromatic carbocycles. The number of nitrogens with zero attached hydrogens (tertiary/aromatic N) is 7. The zero-order valence-corrected chi connectivity index (χ0v) is 45.3. The second-order valence-electron chi connectivity index (χ2n) is 21.9. The highest BCUT2D eigenvalue weighted by Crippen LogP contribution is 2.46. The maximum absolute atomic E-state index is 5.77. The molecule has 5 heterocycles. The zero-order chi connectivity index (χ0) is 55.0. The molecule has 0 aliphatic rings. The maximum Gasteiger partial charge on any atom is 0.145 e. The summed E-state index contributed by atoms with van der Waals surface area (Å²) in [6.07, 6.45) is 3.85. The maximum atomic E-state index is 5.77. The van der Waals surface area contributed by atoms with Gasteiger partial charge in [-0.05, 0) is 112 Å². The molecule has 5 aromatic heterocycles. The molecule has 0 atom stereocenters. The molecule has 0 saturated carbocycles. The number of fused-ring (bicyclic) bond motifs is 18. The van der Waals surface area contributed by atoms with Crippen LogP contribution in [-0.4, -0.2) is 33.2 Å². The van der Waals surface area contributed by atoms with E-state index in [1.54, 1.807) is 0 Å². The largest absolute Gasteiger partial charge is 0.309 e. The Kier molecular flexibility index (Phi) is 9.96. The molecule has 7 heteroatoms. The molecule has 0 aliphatic heterocycles. The van der Waals surface area contributed by atoms with Crippen LogP contribution in [0.3, 0.4) is 0 Å². The van der Waals surface area contributed by atoms with Gasteiger partial charge >= 0.3 is 0 Å². The Labute approximate surface area is 481 Å². The Balaban J connectivity index is 0.813. The van der Waals surface area contributed by atoms with Crippen LogP contribution in [0.1, 0.15) is 0 Å². The Morgan fingerprint density at radius 3 is 1.26 bits per heavy atom. The van der Waals surface area contributed by atoms with Crippen LogP contribution in [0, 0.1) is 0 Å². The van der Waals surface area contributed by atoms with Crippen molar-refractivity contribution in [3.8, 4) is 56.7 Å². The minimum atomic E-state index is 0.885. The molecule has 0 N–H and O–H groups in total. The lowest BCUT2D eigenvalue weighted by atomic mass is 9.92. The van der Waals surface area contributed by atoms with E-state index >= 15 is 0 Å². The number of hydrogen-bond donors (Lipinski definition) is 0. The van der Waals surface area contributed by atoms with Gasteiger partial charge in [0, 0.05) is 83.2 Å². The van der Waals surface area contributed by atoms with Crippen LogP contribution in [0.5, 0.6) is 0 Å². The Hall–Kier alpha value is -11.4. The van der Waals surface area contributed by atoms with E-state index in [1.165, 1.54) is 48.5 Å². The normalized spacial score (nSPS) is 12.0. The molecule has 0 aliphatic carbocycles. The van der Waals surface area contributed by atoms with Crippen LogP contribution in [0.25, 0.3) is 165 Å². The number of hydrogen-bond acceptors (Lipinski definition) is 3. The molecule has 0 fully saturated rings. The molecule has 0 amide bonds. The average Bonchev–Trinajstić information content (AvgIpc) is 3.13. The monoisotopic (exact) mass is 1070 g/mol. The minimum Gasteiger partial charge on any atom is -0.309 e. The Bertz CT molecular complexity index is 5660. The highest BCUT2D eigenvalue weighted by Gasteiger charge is 2.25. The Morgan fingerprint density at radius 2 is 0.667 bits per heavy atom. The fourth-order valence-electron chi connectivity index (χ4n) is 13.8. The molecule has 0 unspecified atom stereocenters. The number of benzene rings is 13. The molecule has 18 rings (SSSR count). The lowest BCUT2D eigenvalue weighted by Crippen LogP contribution is -2.00. The topological polar surface area (TPSA) is 58.4 Å². The summed E-state index contributed by atoms with van der Waals surface area (Å²) in [6.45, 7) is 0. The molecule has 0 radical (unpaired) electrons. The summed E-state index contributed by atoms with van der Waals surface area (Å²) in [4.78, 5) is 15.8. The first-order chi connectivity index (χ1) is 41.7. The predicted octanol–water partition coefficient (Wildman–Crippen LogP) is 19.6. The van der Waals surface area contributed by atoms with Crippen molar-refractivity contribution in [2.45, 2.75) is 0 Å². The summed E-state index contributed by atoms with van der Waals surface area (Å²) >= 11 is 0. The van der Waals surface area contributed by atoms with Crippen molar-refractivity contribution in [3.05, 3.63) is 285 Å². The van der Waals surface area contributed by atoms with Crippen LogP contribution < -0.4 is 0 Å². The molecule has 390 valence electrons. The first-order valence-corrected chi connectivity index (χ1v) is 28.6. The molecule has 0 spiro atoms. The van der Waals surface area contributed by atoms with Gasteiger partial charge in [0.05, 0.1) is 50.3 Å². The van der Waals surface area contributed by atoms with E-state index in [0.29, 0.717) is 0 Å². The SMILES string of the molecule is c1ccc(-c2nc3c4ccccc4c4ccccc4c3n2-c2ccc(-n3c4ccccc4c4cc(-c5cccc6c7ccccc7c7c(nc(-c8ccccc8)n7-c7ccc(-n8c9ccccc9c9ccncc98)cc7)c56)ccc43)cc2)cc1. The number of pyridine rings is 1. The third-order valence-corrected chi connectivity index (χ3v) is 17.4. The molecule has 0 saturated heterocycles. The van der Waals surface area contributed by atoms with Gasteiger partial charge < -0.3 is 9.13 Å². The molecule has 7 nitrogen and oxygen atoms in total. The lowest BCUT2D eigenvalue weighted by Gasteiger charge is -2.15. The number of rotatable bonds is 7. The van der Waals surface area contributed by atoms with Gasteiger partial charge in [-0.15, -0.1) is 0 Å². The smallest absolute Gasteiger partial charge is 0.145 e. The molecular formula is C77H47N7. The van der Waals surface area contributed by atoms with E-state index in [1.807, 2.05) is 12.4 Å². The summed E-state index contributed by atoms with van der Waals surface area (Å²) in [5, 5.41) is 14.1. The van der Waals surface area contributed by atoms with Crippen molar-refractivity contribution in [1.82, 2.24) is 33.2 Å². The fraction of sp³-hybridized carbons (Fsp3) is 0. The van der Waals surface area contributed by atoms with E-state index < -0.39 is 0 Å². The average molecular weight is 1070 g/mol. The van der Waals surface area contributed by atoms with Gasteiger partial charge in [-0.2, -0.15) is 0 Å². The van der Waals surface area contributed by atoms with Crippen molar-refractivity contribution in [2.24, 2.45) is 0 Å². The van der Waals surface area contributed by atoms with Crippen molar-refractivity contribution in [3.63, 3.8) is 0 Å². The van der Waals surface area contributed by atoms with Crippen LogP contribution in [0.15, 0.2) is 285 Å². The molecule has 18 aromatic rings. The van der Waals surface area contributed by atoms with Gasteiger partial charge in [-0.1, -0.05) is 194 Å². The van der Waals surface area contributed by atoms with E-state index in [9.17, 15) is 0 Å². The molecule has 0 bridgehead atoms. The van der Waals surface area contributed by atoms with E-state index in [4.69, 9.17) is 9.97 Å². The number of aromatic nitrogens is 7. The van der Waals surface area contributed by atoms with Crippen molar-refractivity contribution >= 4 is 109 Å². The fourth-order valence-corrected chi connectivity index (χ4v) is 13.8. The first kappa shape index (κ1) is 46.4. The van der Waals surface area contributed by atoms with Crippen molar-refractivity contribution < 1.29 is 0 Å². The quantitative estimate of drug-likeness (QED) is 0.149. The van der Waals surface area contributed by atoms with Gasteiger partial charge in [-0.3, -0.25) is 14.1 Å². The summed E-state index contributed by atoms with van der Waals surface area (Å²) in [5.41, 5.74) is 17.2. The van der Waals surface area contributed by atoms with E-state index in [2.05, 4.69) is 296 Å². The van der Waals surface area contributed by atoms with Gasteiger partial charge in [-0.25, -0.2) is 9.97 Å². The third-order valence-electron chi connectivity index (χ3n) is 17.4. The third kappa shape index (κ3) is 6.72. The van der Waals surface area contributed by atoms with Crippen LogP contribution in [0.2, 0.25) is 0 Å². The van der Waals surface area contributed by atoms with Gasteiger partial charge in [0.1, 0.15) is 11.6 Å². The summed E-state index contributed by atoms with van der Waals surface area (Å²) in [7, 11) is 0. The molecular weight excluding hydrogens is 1020 g/mol. The van der Waals surface area contributed by atoms with E-state index in [0.717, 1.165) is 117 Å². The highest BCUT2D eigenvalue weighted by molar-refractivity contribution is 6.28. The van der Waals surface area contributed by atoms with Crippen molar-refractivity contribution in [1.29, 1.82) is 0 Å².